The summed E-state index contributed by atoms with van der Waals surface area (Å²) in [5, 5.41) is 1.03. The van der Waals surface area contributed by atoms with Gasteiger partial charge in [-0.05, 0) is 30.7 Å². The number of amides is 1. The maximum absolute atomic E-state index is 14.4. The molecule has 0 aliphatic carbocycles. The lowest BCUT2D eigenvalue weighted by atomic mass is 10.1. The zero-order valence-corrected chi connectivity index (χ0v) is 19.6. The van der Waals surface area contributed by atoms with Crippen molar-refractivity contribution in [2.75, 3.05) is 0 Å². The number of para-hydroxylation sites is 1. The predicted octanol–water partition coefficient (Wildman–Crippen LogP) is 6.54. The van der Waals surface area contributed by atoms with Crippen molar-refractivity contribution >= 4 is 51.2 Å². The second kappa shape index (κ2) is 8.96. The number of nitrogens with zero attached hydrogens (tertiary/aromatic N) is 2. The van der Waals surface area contributed by atoms with Gasteiger partial charge >= 0.3 is 0 Å². The van der Waals surface area contributed by atoms with E-state index >= 15 is 0 Å². The summed E-state index contributed by atoms with van der Waals surface area (Å²) in [7, 11) is 0. The number of fused-ring (bicyclic) bond motifs is 1. The highest BCUT2D eigenvalue weighted by atomic mass is 32.2. The molecule has 0 spiro atoms. The van der Waals surface area contributed by atoms with Crippen LogP contribution in [0.25, 0.3) is 17.0 Å². The third-order valence-electron chi connectivity index (χ3n) is 5.90. The molecule has 164 valence electrons. The molecule has 1 amide bonds. The standard InChI is InChI=1S/C27H21FN2OS2/c1-18-22(15-25-26(31)30(27(32)33-25)16-19-9-3-2-4-10-19)21-12-6-8-14-24(21)29(18)17-20-11-5-7-13-23(20)28/h2-15H,16-17H2,1H3/b25-15+. The molecule has 6 heteroatoms. The van der Waals surface area contributed by atoms with Crippen LogP contribution >= 0.6 is 24.0 Å². The first-order valence-corrected chi connectivity index (χ1v) is 11.9. The molecule has 1 fully saturated rings. The number of carbonyl (C=O) groups excluding carboxylic acids is 1. The van der Waals surface area contributed by atoms with Crippen LogP contribution in [-0.2, 0) is 17.9 Å². The van der Waals surface area contributed by atoms with Crippen LogP contribution in [0.2, 0.25) is 0 Å². The Bertz CT molecular complexity index is 1410. The highest BCUT2D eigenvalue weighted by molar-refractivity contribution is 8.26. The summed E-state index contributed by atoms with van der Waals surface area (Å²) in [6.07, 6.45) is 1.93. The first kappa shape index (κ1) is 21.6. The predicted molar refractivity (Wildman–Crippen MR) is 137 cm³/mol. The van der Waals surface area contributed by atoms with E-state index < -0.39 is 0 Å². The van der Waals surface area contributed by atoms with Crippen LogP contribution in [-0.4, -0.2) is 19.7 Å². The molecule has 1 saturated heterocycles. The van der Waals surface area contributed by atoms with Gasteiger partial charge in [-0.1, -0.05) is 90.7 Å². The van der Waals surface area contributed by atoms with Gasteiger partial charge in [-0.3, -0.25) is 9.69 Å². The van der Waals surface area contributed by atoms with E-state index in [1.807, 2.05) is 73.7 Å². The van der Waals surface area contributed by atoms with E-state index in [-0.39, 0.29) is 11.7 Å². The Hall–Kier alpha value is -3.22. The molecule has 5 rings (SSSR count). The van der Waals surface area contributed by atoms with Crippen molar-refractivity contribution in [1.29, 1.82) is 0 Å². The van der Waals surface area contributed by atoms with Crippen molar-refractivity contribution in [3.8, 4) is 0 Å². The molecule has 3 nitrogen and oxygen atoms in total. The zero-order chi connectivity index (χ0) is 22.9. The Labute approximate surface area is 201 Å². The van der Waals surface area contributed by atoms with Gasteiger partial charge in [0.05, 0.1) is 18.0 Å². The number of thiocarbonyl (C=S) groups is 1. The Morgan fingerprint density at radius 1 is 0.939 bits per heavy atom. The van der Waals surface area contributed by atoms with E-state index in [0.29, 0.717) is 27.9 Å². The molecule has 4 aromatic rings. The molecular weight excluding hydrogens is 451 g/mol. The van der Waals surface area contributed by atoms with E-state index in [9.17, 15) is 9.18 Å². The van der Waals surface area contributed by atoms with Gasteiger partial charge in [0, 0.05) is 27.7 Å². The van der Waals surface area contributed by atoms with Crippen molar-refractivity contribution in [3.63, 3.8) is 0 Å². The van der Waals surface area contributed by atoms with Crippen LogP contribution in [0.3, 0.4) is 0 Å². The lowest BCUT2D eigenvalue weighted by Gasteiger charge is -2.14. The fourth-order valence-electron chi connectivity index (χ4n) is 4.17. The molecule has 1 aliphatic heterocycles. The minimum atomic E-state index is -0.224. The highest BCUT2D eigenvalue weighted by Crippen LogP contribution is 2.36. The van der Waals surface area contributed by atoms with Crippen LogP contribution in [0.4, 0.5) is 4.39 Å². The summed E-state index contributed by atoms with van der Waals surface area (Å²) in [6.45, 7) is 2.89. The number of hydrogen-bond donors (Lipinski definition) is 0. The first-order chi connectivity index (χ1) is 16.0. The van der Waals surface area contributed by atoms with Crippen LogP contribution in [0.1, 0.15) is 22.4 Å². The van der Waals surface area contributed by atoms with E-state index in [4.69, 9.17) is 12.2 Å². The number of carbonyl (C=O) groups is 1. The SMILES string of the molecule is Cc1c(/C=C2/SC(=S)N(Cc3ccccc3)C2=O)c2ccccc2n1Cc1ccccc1F. The molecule has 0 bridgehead atoms. The van der Waals surface area contributed by atoms with Gasteiger partial charge in [0.15, 0.2) is 0 Å². The molecule has 2 heterocycles. The van der Waals surface area contributed by atoms with E-state index in [1.165, 1.54) is 17.8 Å². The average Bonchev–Trinajstić information content (AvgIpc) is 3.24. The zero-order valence-electron chi connectivity index (χ0n) is 18.0. The lowest BCUT2D eigenvalue weighted by Crippen LogP contribution is -2.27. The monoisotopic (exact) mass is 472 g/mol. The second-order valence-corrected chi connectivity index (χ2v) is 9.62. The minimum Gasteiger partial charge on any atom is -0.340 e. The lowest BCUT2D eigenvalue weighted by molar-refractivity contribution is -0.122. The highest BCUT2D eigenvalue weighted by Gasteiger charge is 2.32. The molecule has 1 aromatic heterocycles. The van der Waals surface area contributed by atoms with E-state index in [0.717, 1.165) is 27.7 Å². The third-order valence-corrected chi connectivity index (χ3v) is 7.28. The average molecular weight is 473 g/mol. The topological polar surface area (TPSA) is 25.2 Å². The number of benzene rings is 3. The molecule has 1 aliphatic rings. The van der Waals surface area contributed by atoms with Gasteiger partial charge in [-0.15, -0.1) is 0 Å². The number of aromatic nitrogens is 1. The van der Waals surface area contributed by atoms with Crippen molar-refractivity contribution in [1.82, 2.24) is 9.47 Å². The molecule has 0 N–H and O–H groups in total. The van der Waals surface area contributed by atoms with Crippen LogP contribution in [0.5, 0.6) is 0 Å². The number of rotatable bonds is 5. The molecule has 0 saturated carbocycles. The van der Waals surface area contributed by atoms with Crippen LogP contribution < -0.4 is 0 Å². The van der Waals surface area contributed by atoms with Gasteiger partial charge < -0.3 is 4.57 Å². The Kier molecular flexibility index (Phi) is 5.87. The maximum atomic E-state index is 14.4. The van der Waals surface area contributed by atoms with Gasteiger partial charge in [0.1, 0.15) is 10.1 Å². The smallest absolute Gasteiger partial charge is 0.266 e. The van der Waals surface area contributed by atoms with Crippen molar-refractivity contribution in [2.45, 2.75) is 20.0 Å². The van der Waals surface area contributed by atoms with Crippen LogP contribution in [0, 0.1) is 12.7 Å². The first-order valence-electron chi connectivity index (χ1n) is 10.6. The van der Waals surface area contributed by atoms with Gasteiger partial charge in [-0.2, -0.15) is 0 Å². The summed E-state index contributed by atoms with van der Waals surface area (Å²) in [5.74, 6) is -0.308. The quantitative estimate of drug-likeness (QED) is 0.244. The summed E-state index contributed by atoms with van der Waals surface area (Å²) >= 11 is 6.85. The number of hydrogen-bond acceptors (Lipinski definition) is 3. The second-order valence-electron chi connectivity index (χ2n) is 7.95. The molecule has 0 unspecified atom stereocenters. The maximum Gasteiger partial charge on any atom is 0.266 e. The van der Waals surface area contributed by atoms with Gasteiger partial charge in [-0.25, -0.2) is 4.39 Å². The Morgan fingerprint density at radius 3 is 2.42 bits per heavy atom. The molecule has 0 radical (unpaired) electrons. The Balaban J connectivity index is 1.53. The molecular formula is C27H21FN2OS2. The minimum absolute atomic E-state index is 0.0841. The largest absolute Gasteiger partial charge is 0.340 e. The van der Waals surface area contributed by atoms with Crippen molar-refractivity contribution in [2.24, 2.45) is 0 Å². The number of halogens is 1. The molecule has 33 heavy (non-hydrogen) atoms. The summed E-state index contributed by atoms with van der Waals surface area (Å²) in [4.78, 5) is 15.5. The van der Waals surface area contributed by atoms with Gasteiger partial charge in [0.25, 0.3) is 5.91 Å². The normalized spacial score (nSPS) is 15.2. The number of thioether (sulfide) groups is 1. The van der Waals surface area contributed by atoms with Crippen molar-refractivity contribution < 1.29 is 9.18 Å². The summed E-state index contributed by atoms with van der Waals surface area (Å²) in [6, 6.07) is 24.7. The summed E-state index contributed by atoms with van der Waals surface area (Å²) < 4.78 is 17.0. The molecule has 3 aromatic carbocycles. The fourth-order valence-corrected chi connectivity index (χ4v) is 5.41. The van der Waals surface area contributed by atoms with E-state index in [2.05, 4.69) is 4.57 Å². The fraction of sp³-hybridized carbons (Fsp3) is 0.111. The Morgan fingerprint density at radius 2 is 1.64 bits per heavy atom. The van der Waals surface area contributed by atoms with Gasteiger partial charge in [0.2, 0.25) is 0 Å². The summed E-state index contributed by atoms with van der Waals surface area (Å²) in [5.41, 5.74) is 4.61. The van der Waals surface area contributed by atoms with Crippen molar-refractivity contribution in [3.05, 3.63) is 112 Å². The van der Waals surface area contributed by atoms with E-state index in [1.54, 1.807) is 17.0 Å². The third kappa shape index (κ3) is 4.12. The molecule has 0 atom stereocenters. The van der Waals surface area contributed by atoms with Crippen LogP contribution in [0.15, 0.2) is 83.8 Å².